The summed E-state index contributed by atoms with van der Waals surface area (Å²) < 4.78 is 0. The van der Waals surface area contributed by atoms with Crippen LogP contribution in [-0.4, -0.2) is 35.1 Å². The van der Waals surface area contributed by atoms with E-state index in [2.05, 4.69) is 58.7 Å². The van der Waals surface area contributed by atoms with Crippen molar-refractivity contribution in [2.45, 2.75) is 32.5 Å². The van der Waals surface area contributed by atoms with Gasteiger partial charge in [0.15, 0.2) is 0 Å². The van der Waals surface area contributed by atoms with E-state index in [1.807, 2.05) is 12.1 Å². The summed E-state index contributed by atoms with van der Waals surface area (Å²) in [6.07, 6.45) is 0.914. The van der Waals surface area contributed by atoms with Crippen LogP contribution in [0.15, 0.2) is 60.7 Å². The zero-order chi connectivity index (χ0) is 17.2. The number of hydrogen-bond donors (Lipinski definition) is 2. The predicted octanol–water partition coefficient (Wildman–Crippen LogP) is 3.14. The highest BCUT2D eigenvalue weighted by Gasteiger charge is 2.10. The van der Waals surface area contributed by atoms with E-state index in [1.54, 1.807) is 6.92 Å². The summed E-state index contributed by atoms with van der Waals surface area (Å²) in [4.78, 5) is 13.2. The molecule has 0 radical (unpaired) electrons. The quantitative estimate of drug-likeness (QED) is 0.659. The lowest BCUT2D eigenvalue weighted by Gasteiger charge is -2.23. The molecule has 0 unspecified atom stereocenters. The molecule has 4 nitrogen and oxygen atoms in total. The van der Waals surface area contributed by atoms with E-state index in [9.17, 15) is 4.79 Å². The first-order chi connectivity index (χ1) is 11.6. The number of carbonyl (C=O) groups is 1. The van der Waals surface area contributed by atoms with Gasteiger partial charge in [-0.3, -0.25) is 9.69 Å². The minimum absolute atomic E-state index is 0.498. The van der Waals surface area contributed by atoms with Crippen molar-refractivity contribution in [3.63, 3.8) is 0 Å². The SMILES string of the molecule is C[C@H](NCCCN(Cc1ccccc1)Cc1ccccc1)C(=O)O. The summed E-state index contributed by atoms with van der Waals surface area (Å²) >= 11 is 0. The van der Waals surface area contributed by atoms with Crippen LogP contribution in [0.2, 0.25) is 0 Å². The average molecular weight is 326 g/mol. The lowest BCUT2D eigenvalue weighted by molar-refractivity contribution is -0.138. The lowest BCUT2D eigenvalue weighted by atomic mass is 10.1. The number of hydrogen-bond acceptors (Lipinski definition) is 3. The molecule has 2 N–H and O–H groups in total. The molecular weight excluding hydrogens is 300 g/mol. The summed E-state index contributed by atoms with van der Waals surface area (Å²) in [6.45, 7) is 5.08. The number of nitrogens with one attached hydrogen (secondary N) is 1. The Hall–Kier alpha value is -2.17. The van der Waals surface area contributed by atoms with Crippen molar-refractivity contribution in [2.75, 3.05) is 13.1 Å². The molecule has 0 saturated heterocycles. The molecule has 0 spiro atoms. The average Bonchev–Trinajstić information content (AvgIpc) is 2.60. The molecule has 0 aromatic heterocycles. The van der Waals surface area contributed by atoms with Crippen molar-refractivity contribution in [1.82, 2.24) is 10.2 Å². The van der Waals surface area contributed by atoms with Gasteiger partial charge in [0.05, 0.1) is 0 Å². The smallest absolute Gasteiger partial charge is 0.320 e. The van der Waals surface area contributed by atoms with Crippen LogP contribution in [0.3, 0.4) is 0 Å². The largest absolute Gasteiger partial charge is 0.480 e. The maximum atomic E-state index is 10.8. The van der Waals surface area contributed by atoms with E-state index in [0.29, 0.717) is 6.54 Å². The van der Waals surface area contributed by atoms with E-state index >= 15 is 0 Å². The zero-order valence-corrected chi connectivity index (χ0v) is 14.2. The predicted molar refractivity (Wildman–Crippen MR) is 96.7 cm³/mol. The minimum atomic E-state index is -0.805. The summed E-state index contributed by atoms with van der Waals surface area (Å²) in [5.41, 5.74) is 2.58. The van der Waals surface area contributed by atoms with Crippen LogP contribution in [-0.2, 0) is 17.9 Å². The summed E-state index contributed by atoms with van der Waals surface area (Å²) in [5.74, 6) is -0.805. The molecule has 0 aliphatic heterocycles. The third kappa shape index (κ3) is 6.52. The molecule has 4 heteroatoms. The fraction of sp³-hybridized carbons (Fsp3) is 0.350. The van der Waals surface area contributed by atoms with Gasteiger partial charge in [0.1, 0.15) is 6.04 Å². The molecule has 24 heavy (non-hydrogen) atoms. The zero-order valence-electron chi connectivity index (χ0n) is 14.2. The van der Waals surface area contributed by atoms with Crippen LogP contribution in [0.5, 0.6) is 0 Å². The van der Waals surface area contributed by atoms with Crippen LogP contribution in [0.1, 0.15) is 24.5 Å². The minimum Gasteiger partial charge on any atom is -0.480 e. The molecule has 0 amide bonds. The number of benzene rings is 2. The van der Waals surface area contributed by atoms with E-state index in [4.69, 9.17) is 5.11 Å². The van der Waals surface area contributed by atoms with Crippen molar-refractivity contribution >= 4 is 5.97 Å². The summed E-state index contributed by atoms with van der Waals surface area (Å²) in [5, 5.41) is 11.9. The lowest BCUT2D eigenvalue weighted by Crippen LogP contribution is -2.35. The molecule has 1 atom stereocenters. The first-order valence-corrected chi connectivity index (χ1v) is 8.41. The first kappa shape index (κ1) is 18.2. The van der Waals surface area contributed by atoms with Crippen molar-refractivity contribution in [1.29, 1.82) is 0 Å². The Balaban J connectivity index is 1.88. The second kappa shape index (κ2) is 9.85. The fourth-order valence-electron chi connectivity index (χ4n) is 2.61. The van der Waals surface area contributed by atoms with Gasteiger partial charge in [-0.05, 0) is 31.0 Å². The molecule has 2 aromatic rings. The molecule has 0 saturated carbocycles. The molecule has 0 fully saturated rings. The second-order valence-electron chi connectivity index (χ2n) is 6.05. The van der Waals surface area contributed by atoms with Crippen molar-refractivity contribution in [3.05, 3.63) is 71.8 Å². The molecular formula is C20H26N2O2. The highest BCUT2D eigenvalue weighted by atomic mass is 16.4. The third-order valence-corrected chi connectivity index (χ3v) is 3.97. The molecule has 2 rings (SSSR count). The van der Waals surface area contributed by atoms with Gasteiger partial charge in [0.25, 0.3) is 0 Å². The number of aliphatic carboxylic acids is 1. The first-order valence-electron chi connectivity index (χ1n) is 8.41. The Morgan fingerprint density at radius 1 is 1.00 bits per heavy atom. The number of nitrogens with zero attached hydrogens (tertiary/aromatic N) is 1. The molecule has 0 aliphatic rings. The normalized spacial score (nSPS) is 12.2. The Morgan fingerprint density at radius 3 is 1.96 bits per heavy atom. The molecule has 2 aromatic carbocycles. The van der Waals surface area contributed by atoms with Gasteiger partial charge in [-0.1, -0.05) is 60.7 Å². The van der Waals surface area contributed by atoms with Crippen LogP contribution >= 0.6 is 0 Å². The van der Waals surface area contributed by atoms with Crippen LogP contribution in [0.4, 0.5) is 0 Å². The highest BCUT2D eigenvalue weighted by molar-refractivity contribution is 5.72. The Morgan fingerprint density at radius 2 is 1.50 bits per heavy atom. The number of rotatable bonds is 10. The van der Waals surface area contributed by atoms with Gasteiger partial charge in [-0.2, -0.15) is 0 Å². The maximum Gasteiger partial charge on any atom is 0.320 e. The van der Waals surface area contributed by atoms with Crippen molar-refractivity contribution in [3.8, 4) is 0 Å². The second-order valence-corrected chi connectivity index (χ2v) is 6.05. The topological polar surface area (TPSA) is 52.6 Å². The molecule has 0 aliphatic carbocycles. The third-order valence-electron chi connectivity index (χ3n) is 3.97. The van der Waals surface area contributed by atoms with Gasteiger partial charge in [0.2, 0.25) is 0 Å². The van der Waals surface area contributed by atoms with Gasteiger partial charge in [0, 0.05) is 19.6 Å². The van der Waals surface area contributed by atoms with E-state index in [1.165, 1.54) is 11.1 Å². The van der Waals surface area contributed by atoms with E-state index in [-0.39, 0.29) is 0 Å². The Bertz CT molecular complexity index is 560. The summed E-state index contributed by atoms with van der Waals surface area (Å²) in [7, 11) is 0. The Kier molecular flexibility index (Phi) is 7.46. The van der Waals surface area contributed by atoms with Gasteiger partial charge in [-0.25, -0.2) is 0 Å². The van der Waals surface area contributed by atoms with E-state index < -0.39 is 12.0 Å². The van der Waals surface area contributed by atoms with Crippen LogP contribution < -0.4 is 5.32 Å². The van der Waals surface area contributed by atoms with Gasteiger partial charge in [-0.15, -0.1) is 0 Å². The van der Waals surface area contributed by atoms with Gasteiger partial charge < -0.3 is 10.4 Å². The maximum absolute atomic E-state index is 10.8. The molecule has 0 heterocycles. The van der Waals surface area contributed by atoms with Crippen molar-refractivity contribution in [2.24, 2.45) is 0 Å². The van der Waals surface area contributed by atoms with Crippen LogP contribution in [0.25, 0.3) is 0 Å². The standard InChI is InChI=1S/C20H26N2O2/c1-17(20(23)24)21-13-8-14-22(15-18-9-4-2-5-10-18)16-19-11-6-3-7-12-19/h2-7,9-12,17,21H,8,13-16H2,1H3,(H,23,24)/t17-/m0/s1. The van der Waals surface area contributed by atoms with E-state index in [0.717, 1.165) is 26.1 Å². The Labute approximate surface area is 144 Å². The monoisotopic (exact) mass is 326 g/mol. The highest BCUT2D eigenvalue weighted by Crippen LogP contribution is 2.10. The van der Waals surface area contributed by atoms with Crippen LogP contribution in [0, 0.1) is 0 Å². The summed E-state index contributed by atoms with van der Waals surface area (Å²) in [6, 6.07) is 20.4. The van der Waals surface area contributed by atoms with Crippen molar-refractivity contribution < 1.29 is 9.90 Å². The number of carboxylic acid groups (broad SMARTS) is 1. The fourth-order valence-corrected chi connectivity index (χ4v) is 2.61. The molecule has 128 valence electrons. The van der Waals surface area contributed by atoms with Gasteiger partial charge >= 0.3 is 5.97 Å². The number of carboxylic acids is 1. The molecule has 0 bridgehead atoms.